The highest BCUT2D eigenvalue weighted by atomic mass is 79.9. The van der Waals surface area contributed by atoms with Crippen LogP contribution in [0.4, 0.5) is 4.79 Å². The van der Waals surface area contributed by atoms with E-state index in [4.69, 9.17) is 9.47 Å². The van der Waals surface area contributed by atoms with Gasteiger partial charge in [-0.25, -0.2) is 9.52 Å². The van der Waals surface area contributed by atoms with Crippen LogP contribution in [0.3, 0.4) is 0 Å². The highest BCUT2D eigenvalue weighted by molar-refractivity contribution is 9.09. The van der Waals surface area contributed by atoms with Crippen LogP contribution in [-0.2, 0) is 19.7 Å². The minimum Gasteiger partial charge on any atom is -0.446 e. The lowest BCUT2D eigenvalue weighted by atomic mass is 10.3. The SMILES string of the molecule is CC(C)OC(=O)NS(=O)(=O)N1CC(C)OC(CBr)C1. The van der Waals surface area contributed by atoms with Gasteiger partial charge in [0.2, 0.25) is 0 Å². The van der Waals surface area contributed by atoms with Crippen molar-refractivity contribution in [2.75, 3.05) is 18.4 Å². The molecule has 1 saturated heterocycles. The first-order valence-electron chi connectivity index (χ1n) is 5.94. The largest absolute Gasteiger partial charge is 0.446 e. The van der Waals surface area contributed by atoms with Gasteiger partial charge in [-0.2, -0.15) is 12.7 Å². The highest BCUT2D eigenvalue weighted by Gasteiger charge is 2.33. The van der Waals surface area contributed by atoms with E-state index in [1.807, 2.05) is 4.72 Å². The summed E-state index contributed by atoms with van der Waals surface area (Å²) in [4.78, 5) is 11.4. The van der Waals surface area contributed by atoms with E-state index in [9.17, 15) is 13.2 Å². The van der Waals surface area contributed by atoms with E-state index in [1.165, 1.54) is 4.31 Å². The maximum absolute atomic E-state index is 12.0. The Morgan fingerprint density at radius 1 is 1.53 bits per heavy atom. The smallest absolute Gasteiger partial charge is 0.422 e. The van der Waals surface area contributed by atoms with Crippen LogP contribution >= 0.6 is 15.9 Å². The number of halogens is 1. The third-order valence-corrected chi connectivity index (χ3v) is 4.48. The normalized spacial score (nSPS) is 25.3. The minimum atomic E-state index is -3.90. The summed E-state index contributed by atoms with van der Waals surface area (Å²) in [6.07, 6.45) is -1.81. The van der Waals surface area contributed by atoms with E-state index < -0.39 is 16.3 Å². The molecule has 19 heavy (non-hydrogen) atoms. The molecule has 1 fully saturated rings. The number of carbonyl (C=O) groups is 1. The van der Waals surface area contributed by atoms with E-state index >= 15 is 0 Å². The van der Waals surface area contributed by atoms with Gasteiger partial charge < -0.3 is 9.47 Å². The number of nitrogens with zero attached hydrogens (tertiary/aromatic N) is 1. The van der Waals surface area contributed by atoms with Gasteiger partial charge in [-0.05, 0) is 20.8 Å². The maximum atomic E-state index is 12.0. The van der Waals surface area contributed by atoms with E-state index in [2.05, 4.69) is 15.9 Å². The molecule has 1 aliphatic heterocycles. The number of hydrogen-bond donors (Lipinski definition) is 1. The number of ether oxygens (including phenoxy) is 2. The number of nitrogens with one attached hydrogen (secondary N) is 1. The standard InChI is InChI=1S/C10H19BrN2O5S/c1-7(2)17-10(14)12-19(15,16)13-5-8(3)18-9(4-11)6-13/h7-9H,4-6H2,1-3H3,(H,12,14). The van der Waals surface area contributed by atoms with Crippen molar-refractivity contribution >= 4 is 32.2 Å². The van der Waals surface area contributed by atoms with Crippen LogP contribution in [0.25, 0.3) is 0 Å². The molecule has 0 aromatic carbocycles. The number of rotatable bonds is 4. The zero-order valence-corrected chi connectivity index (χ0v) is 13.5. The molecule has 1 rings (SSSR count). The minimum absolute atomic E-state index is 0.194. The second-order valence-corrected chi connectivity index (χ2v) is 6.92. The fourth-order valence-corrected chi connectivity index (χ4v) is 3.21. The number of amides is 1. The zero-order valence-electron chi connectivity index (χ0n) is 11.1. The quantitative estimate of drug-likeness (QED) is 0.753. The molecule has 0 spiro atoms. The lowest BCUT2D eigenvalue weighted by molar-refractivity contribution is -0.0414. The fraction of sp³-hybridized carbons (Fsp3) is 0.900. The molecule has 1 heterocycles. The number of hydrogen-bond acceptors (Lipinski definition) is 5. The van der Waals surface area contributed by atoms with E-state index in [1.54, 1.807) is 20.8 Å². The summed E-state index contributed by atoms with van der Waals surface area (Å²) in [6.45, 7) is 5.46. The number of morpholine rings is 1. The van der Waals surface area contributed by atoms with E-state index in [0.29, 0.717) is 5.33 Å². The summed E-state index contributed by atoms with van der Waals surface area (Å²) in [6, 6.07) is 0. The van der Waals surface area contributed by atoms with Crippen molar-refractivity contribution < 1.29 is 22.7 Å². The average molecular weight is 359 g/mol. The summed E-state index contributed by atoms with van der Waals surface area (Å²) in [5.41, 5.74) is 0. The molecular formula is C10H19BrN2O5S. The van der Waals surface area contributed by atoms with Crippen molar-refractivity contribution in [2.24, 2.45) is 0 Å². The lowest BCUT2D eigenvalue weighted by Crippen LogP contribution is -2.54. The van der Waals surface area contributed by atoms with Gasteiger partial charge in [0.15, 0.2) is 0 Å². The Morgan fingerprint density at radius 3 is 2.68 bits per heavy atom. The number of carbonyl (C=O) groups excluding carboxylic acids is 1. The third-order valence-electron chi connectivity index (χ3n) is 2.36. The summed E-state index contributed by atoms with van der Waals surface area (Å²) in [5.74, 6) is 0. The maximum Gasteiger partial charge on any atom is 0.422 e. The van der Waals surface area contributed by atoms with Crippen LogP contribution in [0, 0.1) is 0 Å². The molecule has 1 N–H and O–H groups in total. The average Bonchev–Trinajstić information content (AvgIpc) is 2.26. The molecule has 0 aliphatic carbocycles. The monoisotopic (exact) mass is 358 g/mol. The molecule has 1 aliphatic rings. The molecular weight excluding hydrogens is 340 g/mol. The molecule has 112 valence electrons. The van der Waals surface area contributed by atoms with Crippen molar-refractivity contribution in [3.05, 3.63) is 0 Å². The predicted molar refractivity (Wildman–Crippen MR) is 73.4 cm³/mol. The Morgan fingerprint density at radius 2 is 2.16 bits per heavy atom. The highest BCUT2D eigenvalue weighted by Crippen LogP contribution is 2.15. The Hall–Kier alpha value is -0.380. The van der Waals surface area contributed by atoms with Crippen LogP contribution in [0.1, 0.15) is 20.8 Å². The molecule has 1 amide bonds. The predicted octanol–water partition coefficient (Wildman–Crippen LogP) is 0.850. The second-order valence-electron chi connectivity index (χ2n) is 4.60. The first-order chi connectivity index (χ1) is 8.74. The Labute approximate surface area is 121 Å². The molecule has 2 unspecified atom stereocenters. The molecule has 0 aromatic heterocycles. The van der Waals surface area contributed by atoms with Crippen LogP contribution < -0.4 is 4.72 Å². The molecule has 2 atom stereocenters. The molecule has 0 saturated carbocycles. The van der Waals surface area contributed by atoms with E-state index in [-0.39, 0.29) is 31.4 Å². The van der Waals surface area contributed by atoms with Gasteiger partial charge in [0, 0.05) is 18.4 Å². The Kier molecular flexibility index (Phi) is 6.03. The van der Waals surface area contributed by atoms with E-state index in [0.717, 1.165) is 0 Å². The van der Waals surface area contributed by atoms with Gasteiger partial charge in [-0.15, -0.1) is 0 Å². The van der Waals surface area contributed by atoms with Gasteiger partial charge in [0.05, 0.1) is 18.3 Å². The van der Waals surface area contributed by atoms with Crippen molar-refractivity contribution in [3.63, 3.8) is 0 Å². The third kappa shape index (κ3) is 5.25. The first-order valence-corrected chi connectivity index (χ1v) is 8.50. The topological polar surface area (TPSA) is 84.9 Å². The van der Waals surface area contributed by atoms with Gasteiger partial charge in [0.1, 0.15) is 0 Å². The first kappa shape index (κ1) is 16.7. The summed E-state index contributed by atoms with van der Waals surface area (Å²) in [5, 5.41) is 0.528. The van der Waals surface area contributed by atoms with Crippen molar-refractivity contribution in [2.45, 2.75) is 39.1 Å². The zero-order chi connectivity index (χ0) is 14.6. The van der Waals surface area contributed by atoms with Crippen LogP contribution in [-0.4, -0.2) is 55.5 Å². The van der Waals surface area contributed by atoms with Crippen LogP contribution in [0.2, 0.25) is 0 Å². The number of alkyl halides is 1. The van der Waals surface area contributed by atoms with Gasteiger partial charge in [-0.3, -0.25) is 0 Å². The second kappa shape index (κ2) is 6.87. The molecule has 9 heteroatoms. The van der Waals surface area contributed by atoms with Gasteiger partial charge in [0.25, 0.3) is 0 Å². The van der Waals surface area contributed by atoms with Gasteiger partial charge in [-0.1, -0.05) is 15.9 Å². The summed E-state index contributed by atoms with van der Waals surface area (Å²) in [7, 11) is -3.90. The summed E-state index contributed by atoms with van der Waals surface area (Å²) >= 11 is 3.26. The Balaban J connectivity index is 2.68. The van der Waals surface area contributed by atoms with Crippen molar-refractivity contribution in [1.82, 2.24) is 9.03 Å². The van der Waals surface area contributed by atoms with Crippen molar-refractivity contribution in [1.29, 1.82) is 0 Å². The molecule has 7 nitrogen and oxygen atoms in total. The molecule has 0 bridgehead atoms. The van der Waals surface area contributed by atoms with Crippen molar-refractivity contribution in [3.8, 4) is 0 Å². The summed E-state index contributed by atoms with van der Waals surface area (Å²) < 4.78 is 37.4. The van der Waals surface area contributed by atoms with Gasteiger partial charge >= 0.3 is 16.3 Å². The molecule has 0 aromatic rings. The van der Waals surface area contributed by atoms with Crippen LogP contribution in [0.15, 0.2) is 0 Å². The Bertz CT molecular complexity index is 414. The van der Waals surface area contributed by atoms with Crippen LogP contribution in [0.5, 0.6) is 0 Å². The lowest BCUT2D eigenvalue weighted by Gasteiger charge is -2.34. The fourth-order valence-electron chi connectivity index (χ4n) is 1.69. The molecule has 0 radical (unpaired) electrons.